The van der Waals surface area contributed by atoms with Gasteiger partial charge in [0.15, 0.2) is 0 Å². The molecular weight excluding hydrogens is 426 g/mol. The minimum absolute atomic E-state index is 0.0940. The van der Waals surface area contributed by atoms with Gasteiger partial charge < -0.3 is 4.90 Å². The molecule has 0 aliphatic heterocycles. The fourth-order valence-electron chi connectivity index (χ4n) is 4.66. The number of hydrogen-bond donors (Lipinski definition) is 0. The monoisotopic (exact) mass is 449 g/mol. The van der Waals surface area contributed by atoms with Crippen LogP contribution in [0.4, 0.5) is 17.1 Å². The van der Waals surface area contributed by atoms with E-state index in [1.165, 1.54) is 31.3 Å². The summed E-state index contributed by atoms with van der Waals surface area (Å²) < 4.78 is 0. The molecule has 0 radical (unpaired) electrons. The Balaban J connectivity index is 1.39. The molecule has 0 amide bonds. The van der Waals surface area contributed by atoms with E-state index in [4.69, 9.17) is 0 Å². The molecule has 0 N–H and O–H groups in total. The molecular formula is C29H23NS2. The highest BCUT2D eigenvalue weighted by Gasteiger charge is 2.38. The van der Waals surface area contributed by atoms with E-state index >= 15 is 0 Å². The Labute approximate surface area is 197 Å². The van der Waals surface area contributed by atoms with Gasteiger partial charge in [-0.3, -0.25) is 0 Å². The maximum absolute atomic E-state index is 2.41. The molecule has 5 aromatic rings. The van der Waals surface area contributed by atoms with Crippen molar-refractivity contribution in [2.24, 2.45) is 0 Å². The molecule has 32 heavy (non-hydrogen) atoms. The van der Waals surface area contributed by atoms with E-state index in [2.05, 4.69) is 121 Å². The molecule has 0 saturated heterocycles. The largest absolute Gasteiger partial charge is 0.311 e. The molecule has 1 aliphatic rings. The summed E-state index contributed by atoms with van der Waals surface area (Å²) in [5.74, 6) is 0. The number of benzene rings is 3. The second-order valence-corrected chi connectivity index (χ2v) is 10.7. The molecule has 0 fully saturated rings. The Bertz CT molecular complexity index is 1340. The van der Waals surface area contributed by atoms with Crippen molar-refractivity contribution in [3.8, 4) is 20.2 Å². The van der Waals surface area contributed by atoms with E-state index in [-0.39, 0.29) is 5.41 Å². The van der Waals surface area contributed by atoms with Crippen LogP contribution in [0.2, 0.25) is 0 Å². The maximum atomic E-state index is 2.41. The fourth-order valence-corrected chi connectivity index (χ4v) is 7.22. The zero-order chi connectivity index (χ0) is 21.7. The Morgan fingerprint density at radius 3 is 1.84 bits per heavy atom. The molecule has 6 rings (SSSR count). The summed E-state index contributed by atoms with van der Waals surface area (Å²) in [6.45, 7) is 4.70. The SMILES string of the molecule is CC1(C)c2ccsc2-c2sc(-c3ccc(N(c4ccccc4)c4ccccc4)cc3)cc21. The average Bonchev–Trinajstić information content (AvgIpc) is 3.53. The van der Waals surface area contributed by atoms with Crippen molar-refractivity contribution in [3.63, 3.8) is 0 Å². The first kappa shape index (κ1) is 19.5. The highest BCUT2D eigenvalue weighted by atomic mass is 32.1. The van der Waals surface area contributed by atoms with Gasteiger partial charge in [-0.15, -0.1) is 22.7 Å². The molecule has 0 saturated carbocycles. The van der Waals surface area contributed by atoms with Crippen molar-refractivity contribution in [1.29, 1.82) is 0 Å². The lowest BCUT2D eigenvalue weighted by molar-refractivity contribution is 0.663. The summed E-state index contributed by atoms with van der Waals surface area (Å²) in [5, 5.41) is 2.23. The van der Waals surface area contributed by atoms with Crippen molar-refractivity contribution in [1.82, 2.24) is 0 Å². The molecule has 0 spiro atoms. The van der Waals surface area contributed by atoms with Crippen LogP contribution in [0.5, 0.6) is 0 Å². The summed E-state index contributed by atoms with van der Waals surface area (Å²) >= 11 is 3.80. The van der Waals surface area contributed by atoms with Gasteiger partial charge in [0.1, 0.15) is 0 Å². The lowest BCUT2D eigenvalue weighted by Gasteiger charge is -2.25. The van der Waals surface area contributed by atoms with Crippen LogP contribution in [0, 0.1) is 0 Å². The van der Waals surface area contributed by atoms with Crippen LogP contribution in [0.3, 0.4) is 0 Å². The second-order valence-electron chi connectivity index (χ2n) is 8.70. The van der Waals surface area contributed by atoms with Gasteiger partial charge in [0.25, 0.3) is 0 Å². The Hall–Kier alpha value is -3.14. The second kappa shape index (κ2) is 7.47. The van der Waals surface area contributed by atoms with Crippen LogP contribution < -0.4 is 4.90 Å². The molecule has 0 unspecified atom stereocenters. The first-order valence-corrected chi connectivity index (χ1v) is 12.6. The van der Waals surface area contributed by atoms with Crippen molar-refractivity contribution < 1.29 is 0 Å². The highest BCUT2D eigenvalue weighted by molar-refractivity contribution is 7.23. The van der Waals surface area contributed by atoms with Gasteiger partial charge in [0.2, 0.25) is 0 Å². The van der Waals surface area contributed by atoms with Gasteiger partial charge >= 0.3 is 0 Å². The number of hydrogen-bond acceptors (Lipinski definition) is 3. The predicted molar refractivity (Wildman–Crippen MR) is 140 cm³/mol. The molecule has 3 heteroatoms. The van der Waals surface area contributed by atoms with Crippen LogP contribution in [0.15, 0.2) is 102 Å². The Kier molecular flexibility index (Phi) is 4.56. The van der Waals surface area contributed by atoms with Crippen LogP contribution in [0.1, 0.15) is 25.0 Å². The van der Waals surface area contributed by atoms with Crippen LogP contribution >= 0.6 is 22.7 Å². The number of anilines is 3. The van der Waals surface area contributed by atoms with Gasteiger partial charge in [-0.2, -0.15) is 0 Å². The summed E-state index contributed by atoms with van der Waals surface area (Å²) in [4.78, 5) is 6.56. The van der Waals surface area contributed by atoms with E-state index in [0.29, 0.717) is 0 Å². The van der Waals surface area contributed by atoms with E-state index < -0.39 is 0 Å². The van der Waals surface area contributed by atoms with Crippen LogP contribution in [0.25, 0.3) is 20.2 Å². The minimum Gasteiger partial charge on any atom is -0.311 e. The zero-order valence-corrected chi connectivity index (χ0v) is 19.7. The van der Waals surface area contributed by atoms with Gasteiger partial charge in [0, 0.05) is 37.1 Å². The molecule has 156 valence electrons. The molecule has 0 bridgehead atoms. The van der Waals surface area contributed by atoms with Gasteiger partial charge in [0.05, 0.1) is 0 Å². The van der Waals surface area contributed by atoms with E-state index in [0.717, 1.165) is 17.1 Å². The van der Waals surface area contributed by atoms with E-state index in [9.17, 15) is 0 Å². The summed E-state index contributed by atoms with van der Waals surface area (Å²) in [6.07, 6.45) is 0. The molecule has 2 aromatic heterocycles. The van der Waals surface area contributed by atoms with Gasteiger partial charge in [-0.05, 0) is 70.6 Å². The van der Waals surface area contributed by atoms with Crippen molar-refractivity contribution in [2.45, 2.75) is 19.3 Å². The first-order chi connectivity index (χ1) is 15.6. The highest BCUT2D eigenvalue weighted by Crippen LogP contribution is 2.56. The summed E-state index contributed by atoms with van der Waals surface area (Å²) in [5.41, 5.74) is 7.81. The Morgan fingerprint density at radius 2 is 1.22 bits per heavy atom. The Morgan fingerprint density at radius 1 is 0.625 bits per heavy atom. The van der Waals surface area contributed by atoms with E-state index in [1.807, 2.05) is 22.7 Å². The summed E-state index contributed by atoms with van der Waals surface area (Å²) in [7, 11) is 0. The smallest absolute Gasteiger partial charge is 0.0493 e. The third-order valence-electron chi connectivity index (χ3n) is 6.39. The number of rotatable bonds is 4. The van der Waals surface area contributed by atoms with Gasteiger partial charge in [-0.1, -0.05) is 62.4 Å². The number of nitrogens with zero attached hydrogens (tertiary/aromatic N) is 1. The minimum atomic E-state index is 0.0940. The maximum Gasteiger partial charge on any atom is 0.0493 e. The third-order valence-corrected chi connectivity index (χ3v) is 8.65. The number of thiophene rings is 2. The molecule has 1 aliphatic carbocycles. The van der Waals surface area contributed by atoms with Crippen molar-refractivity contribution in [2.75, 3.05) is 4.90 Å². The predicted octanol–water partition coefficient (Wildman–Crippen LogP) is 9.25. The van der Waals surface area contributed by atoms with Gasteiger partial charge in [-0.25, -0.2) is 0 Å². The fraction of sp³-hybridized carbons (Fsp3) is 0.103. The summed E-state index contributed by atoms with van der Waals surface area (Å²) in [6, 6.07) is 34.8. The third kappa shape index (κ3) is 3.04. The lowest BCUT2D eigenvalue weighted by atomic mass is 9.84. The molecule has 2 heterocycles. The number of fused-ring (bicyclic) bond motifs is 3. The average molecular weight is 450 g/mol. The molecule has 3 aromatic carbocycles. The first-order valence-electron chi connectivity index (χ1n) is 10.9. The normalized spacial score (nSPS) is 13.6. The molecule has 1 nitrogen and oxygen atoms in total. The van der Waals surface area contributed by atoms with Crippen LogP contribution in [-0.4, -0.2) is 0 Å². The zero-order valence-electron chi connectivity index (χ0n) is 18.1. The number of para-hydroxylation sites is 2. The topological polar surface area (TPSA) is 3.24 Å². The van der Waals surface area contributed by atoms with Crippen LogP contribution in [-0.2, 0) is 5.41 Å². The molecule has 0 atom stereocenters. The van der Waals surface area contributed by atoms with Crippen molar-refractivity contribution in [3.05, 3.63) is 114 Å². The van der Waals surface area contributed by atoms with E-state index in [1.54, 1.807) is 0 Å². The van der Waals surface area contributed by atoms with Crippen molar-refractivity contribution >= 4 is 39.7 Å². The lowest BCUT2D eigenvalue weighted by Crippen LogP contribution is -2.13. The quantitative estimate of drug-likeness (QED) is 0.264. The standard InChI is InChI=1S/C29H23NS2/c1-29(2)24-17-18-31-27(24)28-25(29)19-26(32-28)20-13-15-23(16-14-20)30(21-9-5-3-6-10-21)22-11-7-4-8-12-22/h3-19H,1-2H3.